The smallest absolute Gasteiger partial charge is 0.0653 e. The Bertz CT molecular complexity index is 3080. The molecule has 0 saturated carbocycles. The van der Waals surface area contributed by atoms with Crippen LogP contribution in [0.1, 0.15) is 63.8 Å². The number of nitrogen functional groups attached to an aromatic ring is 1. The van der Waals surface area contributed by atoms with Crippen molar-refractivity contribution in [1.29, 1.82) is 0 Å². The fourth-order valence-electron chi connectivity index (χ4n) is 9.66. The first kappa shape index (κ1) is 49.9. The van der Waals surface area contributed by atoms with E-state index >= 15 is 0 Å². The minimum Gasteiger partial charge on any atom is -0.398 e. The molecule has 9 rings (SSSR count). The molecule has 7 aromatic carbocycles. The molecule has 0 aliphatic heterocycles. The number of anilines is 1. The van der Waals surface area contributed by atoms with Crippen LogP contribution >= 0.6 is 0 Å². The second-order valence-corrected chi connectivity index (χ2v) is 17.6. The number of fused-ring (bicyclic) bond motifs is 2. The lowest BCUT2D eigenvalue weighted by Gasteiger charge is -2.43. The van der Waals surface area contributed by atoms with Gasteiger partial charge in [-0.05, 0) is 142 Å². The molecule has 70 heavy (non-hydrogen) atoms. The van der Waals surface area contributed by atoms with Crippen molar-refractivity contribution >= 4 is 11.3 Å². The van der Waals surface area contributed by atoms with E-state index in [0.717, 1.165) is 58.3 Å². The van der Waals surface area contributed by atoms with Crippen LogP contribution in [-0.2, 0) is 18.3 Å². The van der Waals surface area contributed by atoms with Gasteiger partial charge < -0.3 is 11.5 Å². The lowest BCUT2D eigenvalue weighted by atomic mass is 9.59. The normalized spacial score (nSPS) is 16.6. The molecule has 2 aliphatic carbocycles. The van der Waals surface area contributed by atoms with Gasteiger partial charge in [0.15, 0.2) is 0 Å². The van der Waals surface area contributed by atoms with Crippen molar-refractivity contribution in [1.82, 2.24) is 0 Å². The highest BCUT2D eigenvalue weighted by Gasteiger charge is 2.44. The summed E-state index contributed by atoms with van der Waals surface area (Å²) in [5.74, 6) is 0. The zero-order valence-corrected chi connectivity index (χ0v) is 40.9. The average Bonchev–Trinajstić information content (AvgIpc) is 3.41. The molecular weight excluding hydrogens is 845 g/mol. The van der Waals surface area contributed by atoms with Gasteiger partial charge in [-0.2, -0.15) is 0 Å². The first-order chi connectivity index (χ1) is 34.3. The summed E-state index contributed by atoms with van der Waals surface area (Å²) in [6, 6.07) is 63.1. The standard InChI is InChI=1S/C60H53N.C7H8.CH5N/c1-4-5-6-13-25-49-26-15-17-31-56(49)60(57-32-18-19-33-59(57)61)45(3)22-10-7-9-21-44(2)55-30-16-14-27-53(55)42-54-39-38-52(43-58(54)60)51-29-20-28-50(41-51)48-36-34-47(35-37-48)40-46-23-11-8-12-24-46;1-7-5-3-2-4-6-7;1-2/h4-16,18-21,23-30,32-39,41,43H,1-3,17,22,31,40,42,61H2;2-6H,1H3;2H2,1H3/b6-5-,10-7-,21-9-,25-13-;;. The predicted molar refractivity (Wildman–Crippen MR) is 304 cm³/mol. The van der Waals surface area contributed by atoms with Crippen LogP contribution in [-0.4, -0.2) is 7.05 Å². The number of hydrogen-bond acceptors (Lipinski definition) is 2. The summed E-state index contributed by atoms with van der Waals surface area (Å²) in [5, 5.41) is 0. The molecule has 0 amide bonds. The molecule has 0 saturated heterocycles. The molecule has 1 unspecified atom stereocenters. The van der Waals surface area contributed by atoms with Gasteiger partial charge in [0.2, 0.25) is 0 Å². The van der Waals surface area contributed by atoms with Crippen molar-refractivity contribution in [2.75, 3.05) is 12.8 Å². The number of aryl methyl sites for hydroxylation is 1. The van der Waals surface area contributed by atoms with E-state index in [1.165, 1.54) is 62.7 Å². The van der Waals surface area contributed by atoms with Gasteiger partial charge in [-0.25, -0.2) is 0 Å². The molecule has 0 radical (unpaired) electrons. The molecule has 7 aromatic rings. The molecule has 0 bridgehead atoms. The molecule has 0 fully saturated rings. The minimum atomic E-state index is -0.774. The Balaban J connectivity index is 0.000000730. The molecule has 4 N–H and O–H groups in total. The zero-order valence-electron chi connectivity index (χ0n) is 40.9. The van der Waals surface area contributed by atoms with E-state index in [-0.39, 0.29) is 0 Å². The first-order valence-electron chi connectivity index (χ1n) is 24.3. The third-order valence-corrected chi connectivity index (χ3v) is 13.0. The summed E-state index contributed by atoms with van der Waals surface area (Å²) < 4.78 is 0. The number of nitrogens with two attached hydrogens (primary N) is 2. The predicted octanol–water partition coefficient (Wildman–Crippen LogP) is 16.7. The van der Waals surface area contributed by atoms with Crippen molar-refractivity contribution in [3.63, 3.8) is 0 Å². The maximum atomic E-state index is 7.21. The summed E-state index contributed by atoms with van der Waals surface area (Å²) in [5.41, 5.74) is 30.6. The molecule has 2 nitrogen and oxygen atoms in total. The molecular formula is C68H66N2. The van der Waals surface area contributed by atoms with E-state index in [9.17, 15) is 0 Å². The first-order valence-corrected chi connectivity index (χ1v) is 24.3. The van der Waals surface area contributed by atoms with E-state index < -0.39 is 5.41 Å². The van der Waals surface area contributed by atoms with Crippen molar-refractivity contribution in [2.45, 2.75) is 44.4 Å². The second-order valence-electron chi connectivity index (χ2n) is 17.6. The monoisotopic (exact) mass is 911 g/mol. The van der Waals surface area contributed by atoms with E-state index in [2.05, 4.69) is 220 Å². The fourth-order valence-corrected chi connectivity index (χ4v) is 9.66. The highest BCUT2D eigenvalue weighted by atomic mass is 14.6. The van der Waals surface area contributed by atoms with Crippen LogP contribution in [0.3, 0.4) is 0 Å². The van der Waals surface area contributed by atoms with Crippen molar-refractivity contribution < 1.29 is 0 Å². The lowest BCUT2D eigenvalue weighted by molar-refractivity contribution is 0.642. The summed E-state index contributed by atoms with van der Waals surface area (Å²) in [4.78, 5) is 0. The third-order valence-electron chi connectivity index (χ3n) is 13.0. The topological polar surface area (TPSA) is 52.0 Å². The quantitative estimate of drug-likeness (QED) is 0.0861. The van der Waals surface area contributed by atoms with Gasteiger partial charge in [-0.15, -0.1) is 0 Å². The van der Waals surface area contributed by atoms with Gasteiger partial charge in [0.25, 0.3) is 0 Å². The molecule has 0 heterocycles. The van der Waals surface area contributed by atoms with Crippen LogP contribution in [0.25, 0.3) is 27.8 Å². The van der Waals surface area contributed by atoms with Gasteiger partial charge in [0.05, 0.1) is 5.41 Å². The fraction of sp³-hybridized carbons (Fsp3) is 0.118. The molecule has 348 valence electrons. The van der Waals surface area contributed by atoms with Crippen molar-refractivity contribution in [3.8, 4) is 22.3 Å². The summed E-state index contributed by atoms with van der Waals surface area (Å²) >= 11 is 0. The van der Waals surface area contributed by atoms with E-state index in [1.54, 1.807) is 6.08 Å². The van der Waals surface area contributed by atoms with Crippen LogP contribution in [0.15, 0.2) is 279 Å². The third kappa shape index (κ3) is 12.0. The van der Waals surface area contributed by atoms with Crippen LogP contribution in [0, 0.1) is 6.92 Å². The van der Waals surface area contributed by atoms with Gasteiger partial charge in [-0.3, -0.25) is 0 Å². The van der Waals surface area contributed by atoms with Gasteiger partial charge in [0, 0.05) is 5.69 Å². The Hall–Kier alpha value is -8.04. The Kier molecular flexibility index (Phi) is 17.7. The van der Waals surface area contributed by atoms with Crippen LogP contribution < -0.4 is 11.5 Å². The Labute approximate surface area is 418 Å². The molecule has 0 aromatic heterocycles. The lowest BCUT2D eigenvalue weighted by Crippen LogP contribution is -2.36. The van der Waals surface area contributed by atoms with E-state index in [4.69, 9.17) is 12.3 Å². The highest BCUT2D eigenvalue weighted by Crippen LogP contribution is 2.54. The summed E-state index contributed by atoms with van der Waals surface area (Å²) in [6.07, 6.45) is 27.3. The van der Waals surface area contributed by atoms with Gasteiger partial charge in [0.1, 0.15) is 0 Å². The Morgan fingerprint density at radius 3 is 1.96 bits per heavy atom. The average molecular weight is 911 g/mol. The number of hydrogen-bond donors (Lipinski definition) is 2. The van der Waals surface area contributed by atoms with Crippen LogP contribution in [0.4, 0.5) is 5.69 Å². The van der Waals surface area contributed by atoms with Crippen LogP contribution in [0.2, 0.25) is 0 Å². The number of benzene rings is 7. The zero-order chi connectivity index (χ0) is 49.1. The maximum Gasteiger partial charge on any atom is 0.0653 e. The molecule has 2 aliphatic rings. The SMILES string of the molecule is C=C/C=C\C=C/C1=C(C2(c3ccccc3N)C(=C)C/C=C\C=C/C(=C)c3ccccc3Cc3ccc(-c4cccc(-c5ccc(Cc6ccccc6)cc5)c4)cc32)CCC=C1.CN.Cc1ccccc1. The largest absolute Gasteiger partial charge is 0.398 e. The summed E-state index contributed by atoms with van der Waals surface area (Å²) in [7, 11) is 1.50. The Morgan fingerprint density at radius 1 is 0.571 bits per heavy atom. The van der Waals surface area contributed by atoms with E-state index in [1.807, 2.05) is 42.5 Å². The minimum absolute atomic E-state index is 0.651. The van der Waals surface area contributed by atoms with E-state index in [0.29, 0.717) is 12.8 Å². The molecule has 0 spiro atoms. The van der Waals surface area contributed by atoms with Crippen molar-refractivity contribution in [2.24, 2.45) is 5.73 Å². The molecule has 2 heteroatoms. The van der Waals surface area contributed by atoms with Gasteiger partial charge >= 0.3 is 0 Å². The Morgan fingerprint density at radius 2 is 1.23 bits per heavy atom. The number of para-hydroxylation sites is 1. The number of rotatable bonds is 9. The highest BCUT2D eigenvalue weighted by molar-refractivity contribution is 5.78. The van der Waals surface area contributed by atoms with Crippen molar-refractivity contribution in [3.05, 3.63) is 324 Å². The number of allylic oxidation sites excluding steroid dienone is 15. The molecule has 1 atom stereocenters. The van der Waals surface area contributed by atoms with Gasteiger partial charge in [-0.1, -0.05) is 255 Å². The van der Waals surface area contributed by atoms with Crippen LogP contribution in [0.5, 0.6) is 0 Å². The second kappa shape index (κ2) is 24.8. The summed E-state index contributed by atoms with van der Waals surface area (Å²) in [6.45, 7) is 15.5. The maximum absolute atomic E-state index is 7.21.